The van der Waals surface area contributed by atoms with Gasteiger partial charge in [-0.3, -0.25) is 14.9 Å². The molecule has 2 amide bonds. The van der Waals surface area contributed by atoms with Crippen molar-refractivity contribution < 1.29 is 32.6 Å². The average Bonchev–Trinajstić information content (AvgIpc) is 3.13. The Labute approximate surface area is 151 Å². The monoisotopic (exact) mass is 381 g/mol. The Morgan fingerprint density at radius 3 is 2.50 bits per heavy atom. The summed E-state index contributed by atoms with van der Waals surface area (Å²) in [7, 11) is 0. The number of amides is 2. The molecule has 2 rings (SSSR count). The Bertz CT molecular complexity index is 788. The predicted octanol–water partition coefficient (Wildman–Crippen LogP) is 2.86. The Morgan fingerprint density at radius 1 is 1.15 bits per heavy atom. The minimum absolute atomic E-state index is 0.00759. The molecular weight excluding hydrogens is 368 g/mol. The highest BCUT2D eigenvalue weighted by Gasteiger charge is 2.12. The van der Waals surface area contributed by atoms with E-state index in [1.54, 1.807) is 17.5 Å². The zero-order valence-electron chi connectivity index (χ0n) is 13.2. The van der Waals surface area contributed by atoms with Crippen LogP contribution in [-0.2, 0) is 14.3 Å². The third kappa shape index (κ3) is 6.44. The summed E-state index contributed by atoms with van der Waals surface area (Å²) in [6.07, 6.45) is 2.44. The summed E-state index contributed by atoms with van der Waals surface area (Å²) in [4.78, 5) is 35.1. The van der Waals surface area contributed by atoms with Crippen LogP contribution in [0, 0.1) is 0 Å². The highest BCUT2D eigenvalue weighted by atomic mass is 32.1. The lowest BCUT2D eigenvalue weighted by Gasteiger charge is -2.04. The average molecular weight is 381 g/mol. The Hall–Kier alpha value is -3.07. The van der Waals surface area contributed by atoms with Gasteiger partial charge in [-0.2, -0.15) is 8.78 Å². The summed E-state index contributed by atoms with van der Waals surface area (Å²) in [5.41, 5.74) is 0.542. The lowest BCUT2D eigenvalue weighted by Crippen LogP contribution is -2.33. The molecule has 2 aromatic rings. The van der Waals surface area contributed by atoms with E-state index in [4.69, 9.17) is 4.74 Å². The summed E-state index contributed by atoms with van der Waals surface area (Å²) in [6, 6.07) is 8.80. The van der Waals surface area contributed by atoms with Crippen LogP contribution in [-0.4, -0.2) is 31.0 Å². The molecule has 0 aliphatic carbocycles. The molecule has 6 nitrogen and oxygen atoms in total. The number of hydrogen-bond donors (Lipinski definition) is 1. The molecule has 0 radical (unpaired) electrons. The van der Waals surface area contributed by atoms with Crippen molar-refractivity contribution in [3.05, 3.63) is 58.3 Å². The SMILES string of the molecule is O=C(COC(=O)/C=C/c1ccc(OC(F)F)cc1)NC(=O)c1cccs1. The van der Waals surface area contributed by atoms with Gasteiger partial charge < -0.3 is 9.47 Å². The molecular formula is C17H13F2NO5S. The van der Waals surface area contributed by atoms with E-state index in [0.717, 1.165) is 6.08 Å². The van der Waals surface area contributed by atoms with E-state index >= 15 is 0 Å². The highest BCUT2D eigenvalue weighted by molar-refractivity contribution is 7.12. The number of imide groups is 1. The van der Waals surface area contributed by atoms with E-state index in [0.29, 0.717) is 10.4 Å². The van der Waals surface area contributed by atoms with Crippen molar-refractivity contribution in [3.63, 3.8) is 0 Å². The maximum Gasteiger partial charge on any atom is 0.387 e. The topological polar surface area (TPSA) is 81.7 Å². The number of nitrogens with one attached hydrogen (secondary N) is 1. The first kappa shape index (κ1) is 19.3. The molecule has 9 heteroatoms. The largest absolute Gasteiger partial charge is 0.452 e. The first-order chi connectivity index (χ1) is 12.4. The Balaban J connectivity index is 1.76. The fourth-order valence-electron chi connectivity index (χ4n) is 1.74. The Morgan fingerprint density at radius 2 is 1.88 bits per heavy atom. The molecule has 26 heavy (non-hydrogen) atoms. The lowest BCUT2D eigenvalue weighted by molar-refractivity contribution is -0.143. The zero-order valence-corrected chi connectivity index (χ0v) is 14.0. The second kappa shape index (κ2) is 9.42. The van der Waals surface area contributed by atoms with Crippen molar-refractivity contribution in [3.8, 4) is 5.75 Å². The van der Waals surface area contributed by atoms with Gasteiger partial charge in [-0.15, -0.1) is 11.3 Å². The number of thiophene rings is 1. The van der Waals surface area contributed by atoms with Crippen LogP contribution in [0.15, 0.2) is 47.9 Å². The lowest BCUT2D eigenvalue weighted by atomic mass is 10.2. The molecule has 0 unspecified atom stereocenters. The molecule has 0 aliphatic rings. The molecule has 1 N–H and O–H groups in total. The van der Waals surface area contributed by atoms with E-state index in [-0.39, 0.29) is 5.75 Å². The van der Waals surface area contributed by atoms with Crippen LogP contribution >= 0.6 is 11.3 Å². The maximum atomic E-state index is 12.0. The second-order valence-corrected chi connectivity index (χ2v) is 5.69. The van der Waals surface area contributed by atoms with Crippen molar-refractivity contribution >= 4 is 35.2 Å². The summed E-state index contributed by atoms with van der Waals surface area (Å²) >= 11 is 1.17. The molecule has 1 aromatic heterocycles. The standard InChI is InChI=1S/C17H13F2NO5S/c18-17(19)25-12-6-3-11(4-7-12)5-8-15(22)24-10-14(21)20-16(23)13-2-1-9-26-13/h1-9,17H,10H2,(H,20,21,23)/b8-5+. The van der Waals surface area contributed by atoms with Gasteiger partial charge in [-0.1, -0.05) is 18.2 Å². The first-order valence-corrected chi connectivity index (χ1v) is 8.09. The Kier molecular flexibility index (Phi) is 6.98. The van der Waals surface area contributed by atoms with Crippen molar-refractivity contribution in [1.82, 2.24) is 5.32 Å². The number of ether oxygens (including phenoxy) is 2. The van der Waals surface area contributed by atoms with Crippen LogP contribution in [0.4, 0.5) is 8.78 Å². The van der Waals surface area contributed by atoms with Gasteiger partial charge in [0.15, 0.2) is 6.61 Å². The van der Waals surface area contributed by atoms with E-state index in [2.05, 4.69) is 10.1 Å². The van der Waals surface area contributed by atoms with E-state index in [1.807, 2.05) is 0 Å². The van der Waals surface area contributed by atoms with Crippen molar-refractivity contribution in [2.75, 3.05) is 6.61 Å². The van der Waals surface area contributed by atoms with E-state index in [1.165, 1.54) is 41.7 Å². The molecule has 0 atom stereocenters. The highest BCUT2D eigenvalue weighted by Crippen LogP contribution is 2.15. The molecule has 1 heterocycles. The number of carbonyl (C=O) groups is 3. The van der Waals surface area contributed by atoms with E-state index in [9.17, 15) is 23.2 Å². The number of rotatable bonds is 7. The zero-order chi connectivity index (χ0) is 18.9. The molecule has 0 bridgehead atoms. The summed E-state index contributed by atoms with van der Waals surface area (Å²) in [5, 5.41) is 3.78. The fourth-order valence-corrected chi connectivity index (χ4v) is 2.36. The minimum Gasteiger partial charge on any atom is -0.452 e. The predicted molar refractivity (Wildman–Crippen MR) is 89.9 cm³/mol. The van der Waals surface area contributed by atoms with Crippen molar-refractivity contribution in [1.29, 1.82) is 0 Å². The maximum absolute atomic E-state index is 12.0. The summed E-state index contributed by atoms with van der Waals surface area (Å²) in [6.45, 7) is -3.52. The van der Waals surface area contributed by atoms with Gasteiger partial charge in [0.25, 0.3) is 11.8 Å². The van der Waals surface area contributed by atoms with Gasteiger partial charge in [0.05, 0.1) is 4.88 Å². The van der Waals surface area contributed by atoms with Crippen LogP contribution < -0.4 is 10.1 Å². The molecule has 0 aliphatic heterocycles. The number of esters is 1. The van der Waals surface area contributed by atoms with Crippen LogP contribution in [0.5, 0.6) is 5.75 Å². The molecule has 0 spiro atoms. The van der Waals surface area contributed by atoms with Gasteiger partial charge in [0, 0.05) is 6.08 Å². The smallest absolute Gasteiger partial charge is 0.387 e. The molecule has 136 valence electrons. The number of halogens is 2. The molecule has 0 fully saturated rings. The number of carbonyl (C=O) groups excluding carboxylic acids is 3. The quantitative estimate of drug-likeness (QED) is 0.589. The summed E-state index contributed by atoms with van der Waals surface area (Å²) < 4.78 is 33.0. The number of benzene rings is 1. The van der Waals surface area contributed by atoms with Gasteiger partial charge in [-0.05, 0) is 35.2 Å². The number of hydrogen-bond acceptors (Lipinski definition) is 6. The van der Waals surface area contributed by atoms with Crippen LogP contribution in [0.3, 0.4) is 0 Å². The fraction of sp³-hybridized carbons (Fsp3) is 0.118. The van der Waals surface area contributed by atoms with Crippen molar-refractivity contribution in [2.24, 2.45) is 0 Å². The second-order valence-electron chi connectivity index (χ2n) is 4.74. The van der Waals surface area contributed by atoms with Gasteiger partial charge in [0.2, 0.25) is 0 Å². The van der Waals surface area contributed by atoms with Gasteiger partial charge in [0.1, 0.15) is 5.75 Å². The van der Waals surface area contributed by atoms with Crippen LogP contribution in [0.25, 0.3) is 6.08 Å². The third-order valence-electron chi connectivity index (χ3n) is 2.86. The summed E-state index contributed by atoms with van der Waals surface area (Å²) in [5.74, 6) is -2.12. The molecule has 1 aromatic carbocycles. The number of alkyl halides is 2. The van der Waals surface area contributed by atoms with E-state index < -0.39 is 31.0 Å². The minimum atomic E-state index is -2.91. The molecule has 0 saturated carbocycles. The van der Waals surface area contributed by atoms with Crippen LogP contribution in [0.2, 0.25) is 0 Å². The first-order valence-electron chi connectivity index (χ1n) is 7.21. The molecule has 0 saturated heterocycles. The third-order valence-corrected chi connectivity index (χ3v) is 3.73. The van der Waals surface area contributed by atoms with Gasteiger partial charge >= 0.3 is 12.6 Å². The van der Waals surface area contributed by atoms with Crippen LogP contribution in [0.1, 0.15) is 15.2 Å². The normalized spacial score (nSPS) is 10.7. The van der Waals surface area contributed by atoms with Crippen molar-refractivity contribution in [2.45, 2.75) is 6.61 Å². The van der Waals surface area contributed by atoms with Gasteiger partial charge in [-0.25, -0.2) is 4.79 Å².